The zero-order valence-corrected chi connectivity index (χ0v) is 13.3. The van der Waals surface area contributed by atoms with E-state index < -0.39 is 0 Å². The van der Waals surface area contributed by atoms with Gasteiger partial charge in [-0.15, -0.1) is 11.6 Å². The van der Waals surface area contributed by atoms with Crippen LogP contribution >= 0.6 is 43.5 Å². The number of aromatic nitrogens is 1. The van der Waals surface area contributed by atoms with E-state index in [-0.39, 0.29) is 5.41 Å². The van der Waals surface area contributed by atoms with Crippen molar-refractivity contribution < 1.29 is 0 Å². The van der Waals surface area contributed by atoms with Crippen LogP contribution in [0.15, 0.2) is 21.2 Å². The molecule has 1 aromatic rings. The van der Waals surface area contributed by atoms with Gasteiger partial charge in [0.1, 0.15) is 5.82 Å². The van der Waals surface area contributed by atoms with E-state index in [1.807, 2.05) is 6.07 Å². The monoisotopic (exact) mass is 368 g/mol. The lowest BCUT2D eigenvalue weighted by atomic mass is 9.90. The summed E-state index contributed by atoms with van der Waals surface area (Å²) in [4.78, 5) is 4.30. The van der Waals surface area contributed by atoms with Gasteiger partial charge in [-0.25, -0.2) is 4.98 Å². The largest absolute Gasteiger partial charge is 0.369 e. The number of halogens is 3. The number of anilines is 1. The summed E-state index contributed by atoms with van der Waals surface area (Å²) in [5, 5.41) is 3.33. The van der Waals surface area contributed by atoms with Gasteiger partial charge in [-0.2, -0.15) is 0 Å². The normalized spacial score (nSPS) is 11.6. The molecular weight excluding hydrogens is 355 g/mol. The number of alkyl halides is 1. The van der Waals surface area contributed by atoms with Gasteiger partial charge in [0.25, 0.3) is 0 Å². The Morgan fingerprint density at radius 2 is 2.12 bits per heavy atom. The molecule has 90 valence electrons. The minimum atomic E-state index is 0.177. The van der Waals surface area contributed by atoms with E-state index in [1.165, 1.54) is 0 Å². The molecule has 1 rings (SSSR count). The number of pyridine rings is 1. The maximum absolute atomic E-state index is 5.76. The first kappa shape index (κ1) is 14.3. The Kier molecular flexibility index (Phi) is 5.54. The van der Waals surface area contributed by atoms with Crippen LogP contribution in [0.3, 0.4) is 0 Å². The predicted molar refractivity (Wildman–Crippen MR) is 77.2 cm³/mol. The summed E-state index contributed by atoms with van der Waals surface area (Å²) in [6.45, 7) is 5.23. The van der Waals surface area contributed by atoms with Crippen molar-refractivity contribution in [3.63, 3.8) is 0 Å². The number of rotatable bonds is 5. The minimum absolute atomic E-state index is 0.177. The standard InChI is InChI=1S/C11H15Br2ClN2/c1-11(2,3-4-14)7-16-10-9(13)5-8(12)6-15-10/h5-6H,3-4,7H2,1-2H3,(H,15,16). The number of nitrogens with zero attached hydrogens (tertiary/aromatic N) is 1. The molecular formula is C11H15Br2ClN2. The molecule has 0 saturated heterocycles. The molecule has 0 saturated carbocycles. The Bertz CT molecular complexity index is 356. The van der Waals surface area contributed by atoms with Gasteiger partial charge in [0.05, 0.1) is 4.47 Å². The maximum atomic E-state index is 5.76. The Labute approximate surface area is 118 Å². The molecule has 0 fully saturated rings. The zero-order chi connectivity index (χ0) is 12.2. The second kappa shape index (κ2) is 6.22. The van der Waals surface area contributed by atoms with Gasteiger partial charge < -0.3 is 5.32 Å². The summed E-state index contributed by atoms with van der Waals surface area (Å²) >= 11 is 12.6. The average molecular weight is 371 g/mol. The molecule has 0 radical (unpaired) electrons. The first-order valence-electron chi connectivity index (χ1n) is 5.05. The van der Waals surface area contributed by atoms with E-state index in [4.69, 9.17) is 11.6 Å². The number of hydrogen-bond donors (Lipinski definition) is 1. The van der Waals surface area contributed by atoms with Crippen LogP contribution in [0.1, 0.15) is 20.3 Å². The summed E-state index contributed by atoms with van der Waals surface area (Å²) < 4.78 is 1.92. The molecule has 16 heavy (non-hydrogen) atoms. The van der Waals surface area contributed by atoms with Crippen molar-refractivity contribution in [2.24, 2.45) is 5.41 Å². The van der Waals surface area contributed by atoms with Crippen LogP contribution in [0.25, 0.3) is 0 Å². The van der Waals surface area contributed by atoms with E-state index in [1.54, 1.807) is 6.20 Å². The second-order valence-corrected chi connectivity index (χ2v) is 6.59. The lowest BCUT2D eigenvalue weighted by Gasteiger charge is -2.24. The van der Waals surface area contributed by atoms with Crippen molar-refractivity contribution in [2.45, 2.75) is 20.3 Å². The summed E-state index contributed by atoms with van der Waals surface area (Å²) in [5.41, 5.74) is 0.177. The van der Waals surface area contributed by atoms with Crippen molar-refractivity contribution in [3.8, 4) is 0 Å². The predicted octanol–water partition coefficient (Wildman–Crippen LogP) is 4.67. The van der Waals surface area contributed by atoms with Crippen LogP contribution in [0.5, 0.6) is 0 Å². The third-order valence-corrected chi connectivity index (χ3v) is 3.54. The lowest BCUT2D eigenvalue weighted by molar-refractivity contribution is 0.379. The van der Waals surface area contributed by atoms with E-state index in [0.717, 1.165) is 27.7 Å². The topological polar surface area (TPSA) is 24.9 Å². The van der Waals surface area contributed by atoms with Crippen LogP contribution in [0, 0.1) is 5.41 Å². The number of nitrogens with one attached hydrogen (secondary N) is 1. The van der Waals surface area contributed by atoms with E-state index >= 15 is 0 Å². The van der Waals surface area contributed by atoms with Crippen LogP contribution in [0.4, 0.5) is 5.82 Å². The maximum Gasteiger partial charge on any atom is 0.140 e. The Balaban J connectivity index is 2.61. The molecule has 5 heteroatoms. The minimum Gasteiger partial charge on any atom is -0.369 e. The molecule has 0 atom stereocenters. The average Bonchev–Trinajstić information content (AvgIpc) is 2.16. The number of hydrogen-bond acceptors (Lipinski definition) is 2. The molecule has 0 aromatic carbocycles. The molecule has 0 spiro atoms. The fraction of sp³-hybridized carbons (Fsp3) is 0.545. The van der Waals surface area contributed by atoms with Crippen LogP contribution in [0.2, 0.25) is 0 Å². The molecule has 1 heterocycles. The summed E-state index contributed by atoms with van der Waals surface area (Å²) in [6.07, 6.45) is 2.76. The van der Waals surface area contributed by atoms with Crippen molar-refractivity contribution in [3.05, 3.63) is 21.2 Å². The summed E-state index contributed by atoms with van der Waals surface area (Å²) in [5.74, 6) is 1.55. The van der Waals surface area contributed by atoms with E-state index in [9.17, 15) is 0 Å². The summed E-state index contributed by atoms with van der Waals surface area (Å²) in [7, 11) is 0. The van der Waals surface area contributed by atoms with Gasteiger partial charge in [-0.1, -0.05) is 13.8 Å². The molecule has 0 aliphatic carbocycles. The van der Waals surface area contributed by atoms with Crippen molar-refractivity contribution in [1.82, 2.24) is 4.98 Å². The van der Waals surface area contributed by atoms with Crippen LogP contribution in [-0.2, 0) is 0 Å². The quantitative estimate of drug-likeness (QED) is 0.762. The molecule has 0 amide bonds. The van der Waals surface area contributed by atoms with Gasteiger partial charge in [0.15, 0.2) is 0 Å². The molecule has 0 aliphatic heterocycles. The van der Waals surface area contributed by atoms with E-state index in [0.29, 0.717) is 5.88 Å². The van der Waals surface area contributed by atoms with Gasteiger partial charge >= 0.3 is 0 Å². The highest BCUT2D eigenvalue weighted by Gasteiger charge is 2.17. The third kappa shape index (κ3) is 4.60. The van der Waals surface area contributed by atoms with Crippen molar-refractivity contribution in [2.75, 3.05) is 17.7 Å². The Morgan fingerprint density at radius 3 is 2.69 bits per heavy atom. The van der Waals surface area contributed by atoms with Crippen LogP contribution < -0.4 is 5.32 Å². The molecule has 1 N–H and O–H groups in total. The highest BCUT2D eigenvalue weighted by molar-refractivity contribution is 9.11. The second-order valence-electron chi connectivity index (χ2n) is 4.44. The fourth-order valence-corrected chi connectivity index (χ4v) is 2.85. The zero-order valence-electron chi connectivity index (χ0n) is 9.36. The molecule has 2 nitrogen and oxygen atoms in total. The van der Waals surface area contributed by atoms with Gasteiger partial charge in [-0.3, -0.25) is 0 Å². The molecule has 1 aromatic heterocycles. The SMILES string of the molecule is CC(C)(CCCl)CNc1ncc(Br)cc1Br. The lowest BCUT2D eigenvalue weighted by Crippen LogP contribution is -2.24. The van der Waals surface area contributed by atoms with Gasteiger partial charge in [-0.05, 0) is 49.8 Å². The first-order valence-corrected chi connectivity index (χ1v) is 7.17. The van der Waals surface area contributed by atoms with E-state index in [2.05, 4.69) is 56.0 Å². The fourth-order valence-electron chi connectivity index (χ4n) is 1.21. The van der Waals surface area contributed by atoms with Crippen LogP contribution in [-0.4, -0.2) is 17.4 Å². The smallest absolute Gasteiger partial charge is 0.140 e. The van der Waals surface area contributed by atoms with Gasteiger partial charge in [0.2, 0.25) is 0 Å². The molecule has 0 bridgehead atoms. The van der Waals surface area contributed by atoms with Crippen molar-refractivity contribution in [1.29, 1.82) is 0 Å². The highest BCUT2D eigenvalue weighted by atomic mass is 79.9. The van der Waals surface area contributed by atoms with Crippen molar-refractivity contribution >= 4 is 49.3 Å². The third-order valence-electron chi connectivity index (χ3n) is 2.31. The molecule has 0 unspecified atom stereocenters. The molecule has 0 aliphatic rings. The Morgan fingerprint density at radius 1 is 1.44 bits per heavy atom. The summed E-state index contributed by atoms with van der Waals surface area (Å²) in [6, 6.07) is 1.98. The highest BCUT2D eigenvalue weighted by Crippen LogP contribution is 2.26. The first-order chi connectivity index (χ1) is 7.44. The van der Waals surface area contributed by atoms with Gasteiger partial charge in [0, 0.05) is 23.1 Å². The Hall–Kier alpha value is 0.200.